The summed E-state index contributed by atoms with van der Waals surface area (Å²) in [5.41, 5.74) is -0.772. The molecule has 0 unspecified atom stereocenters. The zero-order valence-corrected chi connectivity index (χ0v) is 18.4. The number of pyridine rings is 1. The second kappa shape index (κ2) is 12.3. The van der Waals surface area contributed by atoms with Crippen LogP contribution in [0.5, 0.6) is 0 Å². The summed E-state index contributed by atoms with van der Waals surface area (Å²) in [4.78, 5) is 19.9. The Labute approximate surface area is 188 Å². The van der Waals surface area contributed by atoms with Crippen molar-refractivity contribution >= 4 is 35.8 Å². The van der Waals surface area contributed by atoms with Gasteiger partial charge in [0.05, 0.1) is 17.7 Å². The summed E-state index contributed by atoms with van der Waals surface area (Å²) < 4.78 is 52.4. The van der Waals surface area contributed by atoms with Gasteiger partial charge in [0.15, 0.2) is 5.96 Å². The van der Waals surface area contributed by atoms with Gasteiger partial charge in [-0.3, -0.25) is 9.78 Å². The minimum atomic E-state index is -4.67. The molecule has 3 N–H and O–H groups in total. The number of amides is 1. The number of alkyl halides is 3. The van der Waals surface area contributed by atoms with Gasteiger partial charge in [0, 0.05) is 32.0 Å². The lowest BCUT2D eigenvalue weighted by Crippen LogP contribution is -2.41. The van der Waals surface area contributed by atoms with Crippen molar-refractivity contribution < 1.29 is 22.4 Å². The fourth-order valence-corrected chi connectivity index (χ4v) is 2.41. The van der Waals surface area contributed by atoms with Crippen LogP contribution in [0.25, 0.3) is 0 Å². The van der Waals surface area contributed by atoms with Crippen LogP contribution in [-0.4, -0.2) is 36.5 Å². The van der Waals surface area contributed by atoms with Gasteiger partial charge in [-0.05, 0) is 36.8 Å². The predicted molar refractivity (Wildman–Crippen MR) is 116 cm³/mol. The molecule has 1 amide bonds. The molecule has 30 heavy (non-hydrogen) atoms. The third-order valence-electron chi connectivity index (χ3n) is 3.76. The highest BCUT2D eigenvalue weighted by Crippen LogP contribution is 2.32. The molecule has 0 bridgehead atoms. The highest BCUT2D eigenvalue weighted by atomic mass is 127. The van der Waals surface area contributed by atoms with Crippen molar-refractivity contribution in [1.82, 2.24) is 20.9 Å². The third kappa shape index (κ3) is 8.13. The maximum absolute atomic E-state index is 13.2. The number of hydrogen-bond acceptors (Lipinski definition) is 3. The molecule has 0 aliphatic heterocycles. The van der Waals surface area contributed by atoms with Gasteiger partial charge in [-0.25, -0.2) is 9.38 Å². The molecule has 0 aliphatic rings. The lowest BCUT2D eigenvalue weighted by Gasteiger charge is -2.14. The average Bonchev–Trinajstić information content (AvgIpc) is 2.69. The Kier molecular flexibility index (Phi) is 10.5. The molecule has 0 spiro atoms. The van der Waals surface area contributed by atoms with E-state index in [2.05, 4.69) is 25.9 Å². The van der Waals surface area contributed by atoms with Gasteiger partial charge in [-0.15, -0.1) is 24.0 Å². The van der Waals surface area contributed by atoms with E-state index < -0.39 is 17.6 Å². The second-order valence-corrected chi connectivity index (χ2v) is 5.92. The van der Waals surface area contributed by atoms with E-state index in [1.165, 1.54) is 6.20 Å². The number of aromatic nitrogens is 1. The minimum absolute atomic E-state index is 0. The lowest BCUT2D eigenvalue weighted by molar-refractivity contribution is -0.138. The van der Waals surface area contributed by atoms with Crippen molar-refractivity contribution in [3.8, 4) is 0 Å². The minimum Gasteiger partial charge on any atom is -0.357 e. The van der Waals surface area contributed by atoms with Crippen molar-refractivity contribution in [2.24, 2.45) is 4.99 Å². The van der Waals surface area contributed by atoms with Crippen LogP contribution in [0.3, 0.4) is 0 Å². The van der Waals surface area contributed by atoms with Crippen LogP contribution in [0, 0.1) is 5.82 Å². The van der Waals surface area contributed by atoms with Gasteiger partial charge < -0.3 is 16.0 Å². The molecular formula is C19H22F4IN5O. The van der Waals surface area contributed by atoms with Crippen LogP contribution in [0.4, 0.5) is 17.6 Å². The highest BCUT2D eigenvalue weighted by Gasteiger charge is 2.33. The number of guanidine groups is 1. The molecule has 0 fully saturated rings. The largest absolute Gasteiger partial charge is 0.416 e. The topological polar surface area (TPSA) is 78.4 Å². The first-order chi connectivity index (χ1) is 13.8. The Morgan fingerprint density at radius 1 is 1.13 bits per heavy atom. The summed E-state index contributed by atoms with van der Waals surface area (Å²) in [6, 6.07) is 5.77. The van der Waals surface area contributed by atoms with Crippen molar-refractivity contribution in [2.75, 3.05) is 19.6 Å². The number of nitrogens with one attached hydrogen (secondary N) is 3. The molecule has 0 aliphatic carbocycles. The molecule has 11 heteroatoms. The van der Waals surface area contributed by atoms with Crippen molar-refractivity contribution in [3.63, 3.8) is 0 Å². The van der Waals surface area contributed by atoms with Gasteiger partial charge in [0.25, 0.3) is 5.91 Å². The summed E-state index contributed by atoms with van der Waals surface area (Å²) >= 11 is 0. The summed E-state index contributed by atoms with van der Waals surface area (Å²) in [7, 11) is 0. The Hall–Kier alpha value is -2.44. The molecule has 1 aromatic carbocycles. The molecule has 0 saturated heterocycles. The zero-order valence-electron chi connectivity index (χ0n) is 16.1. The number of carbonyl (C=O) groups is 1. The van der Waals surface area contributed by atoms with Crippen molar-refractivity contribution in [2.45, 2.75) is 19.6 Å². The number of carbonyl (C=O) groups excluding carboxylic acids is 1. The summed E-state index contributed by atoms with van der Waals surface area (Å²) in [6.45, 7) is 2.58. The maximum Gasteiger partial charge on any atom is 0.416 e. The standard InChI is InChI=1S/C19H21F4N5O.HI/c1-2-25-18(27-9-8-26-17(29)14-4-3-7-24-11-14)28-12-13-5-6-15(20)10-16(13)19(21,22)23;/h3-7,10-11H,2,8-9,12H2,1H3,(H,26,29)(H2,25,27,28);1H. The van der Waals surface area contributed by atoms with Crippen LogP contribution < -0.4 is 16.0 Å². The number of hydrogen-bond donors (Lipinski definition) is 3. The quantitative estimate of drug-likeness (QED) is 0.166. The van der Waals surface area contributed by atoms with Gasteiger partial charge >= 0.3 is 6.18 Å². The van der Waals surface area contributed by atoms with Crippen molar-refractivity contribution in [3.05, 3.63) is 65.2 Å². The van der Waals surface area contributed by atoms with Gasteiger partial charge in [-0.1, -0.05) is 6.07 Å². The zero-order chi connectivity index (χ0) is 21.3. The van der Waals surface area contributed by atoms with Crippen LogP contribution in [0.15, 0.2) is 47.7 Å². The van der Waals surface area contributed by atoms with E-state index in [9.17, 15) is 22.4 Å². The highest BCUT2D eigenvalue weighted by molar-refractivity contribution is 14.0. The normalized spacial score (nSPS) is 11.4. The fraction of sp³-hybridized carbons (Fsp3) is 0.316. The Balaban J connectivity index is 0.00000450. The molecule has 164 valence electrons. The summed E-state index contributed by atoms with van der Waals surface area (Å²) in [5.74, 6) is -0.969. The first-order valence-corrected chi connectivity index (χ1v) is 8.87. The van der Waals surface area contributed by atoms with Gasteiger partial charge in [-0.2, -0.15) is 13.2 Å². The maximum atomic E-state index is 13.2. The Bertz CT molecular complexity index is 847. The predicted octanol–water partition coefficient (Wildman–Crippen LogP) is 3.34. The molecular weight excluding hydrogens is 517 g/mol. The summed E-state index contributed by atoms with van der Waals surface area (Å²) in [5, 5.41) is 8.51. The first kappa shape index (κ1) is 25.6. The number of aliphatic imine (C=N–C) groups is 1. The monoisotopic (exact) mass is 539 g/mol. The molecule has 2 aromatic rings. The van der Waals surface area contributed by atoms with Crippen LogP contribution >= 0.6 is 24.0 Å². The molecule has 1 heterocycles. The van der Waals surface area contributed by atoms with E-state index >= 15 is 0 Å². The number of rotatable bonds is 7. The smallest absolute Gasteiger partial charge is 0.357 e. The molecule has 1 aromatic heterocycles. The second-order valence-electron chi connectivity index (χ2n) is 5.92. The van der Waals surface area contributed by atoms with Crippen LogP contribution in [0.2, 0.25) is 0 Å². The Morgan fingerprint density at radius 3 is 2.50 bits per heavy atom. The number of nitrogens with zero attached hydrogens (tertiary/aromatic N) is 2. The first-order valence-electron chi connectivity index (χ1n) is 8.87. The van der Waals surface area contributed by atoms with Crippen LogP contribution in [0.1, 0.15) is 28.4 Å². The fourth-order valence-electron chi connectivity index (χ4n) is 2.41. The van der Waals surface area contributed by atoms with Gasteiger partial charge in [0.2, 0.25) is 0 Å². The lowest BCUT2D eigenvalue weighted by atomic mass is 10.1. The SMILES string of the molecule is CCNC(=NCc1ccc(F)cc1C(F)(F)F)NCCNC(=O)c1cccnc1.I. The molecule has 6 nitrogen and oxygen atoms in total. The summed E-state index contributed by atoms with van der Waals surface area (Å²) in [6.07, 6.45) is -1.67. The van der Waals surface area contributed by atoms with E-state index in [4.69, 9.17) is 0 Å². The van der Waals surface area contributed by atoms with Crippen LogP contribution in [-0.2, 0) is 12.7 Å². The molecule has 0 atom stereocenters. The van der Waals surface area contributed by atoms with E-state index in [1.54, 1.807) is 25.3 Å². The number of benzene rings is 1. The molecule has 0 radical (unpaired) electrons. The van der Waals surface area contributed by atoms with E-state index in [1.807, 2.05) is 0 Å². The molecule has 2 rings (SSSR count). The molecule has 0 saturated carbocycles. The average molecular weight is 539 g/mol. The van der Waals surface area contributed by atoms with E-state index in [0.29, 0.717) is 24.7 Å². The van der Waals surface area contributed by atoms with Crippen molar-refractivity contribution in [1.29, 1.82) is 0 Å². The number of halogens is 5. The third-order valence-corrected chi connectivity index (χ3v) is 3.76. The Morgan fingerprint density at radius 2 is 1.87 bits per heavy atom. The van der Waals surface area contributed by atoms with E-state index in [0.717, 1.165) is 12.1 Å². The van der Waals surface area contributed by atoms with E-state index in [-0.39, 0.29) is 54.5 Å². The van der Waals surface area contributed by atoms with Gasteiger partial charge in [0.1, 0.15) is 5.82 Å².